The van der Waals surface area contributed by atoms with Gasteiger partial charge in [0.15, 0.2) is 0 Å². The molecule has 0 unspecified atom stereocenters. The lowest BCUT2D eigenvalue weighted by molar-refractivity contribution is 0.334. The summed E-state index contributed by atoms with van der Waals surface area (Å²) in [6, 6.07) is 13.1. The molecule has 21 heavy (non-hydrogen) atoms. The van der Waals surface area contributed by atoms with Crippen LogP contribution in [-0.2, 0) is 6.54 Å². The minimum absolute atomic E-state index is 0.971. The molecular weight excluding hydrogens is 274 g/mol. The fraction of sp³-hybridized carbons (Fsp3) is 0.474. The molecule has 0 bridgehead atoms. The van der Waals surface area contributed by atoms with Crippen molar-refractivity contribution in [2.45, 2.75) is 45.1 Å². The molecule has 0 amide bonds. The van der Waals surface area contributed by atoms with Crippen LogP contribution in [-0.4, -0.2) is 6.54 Å². The molecule has 0 aliphatic heterocycles. The molecule has 1 fully saturated rings. The normalized spacial score (nSPS) is 16.2. The molecule has 2 aromatic rings. The Hall–Kier alpha value is -1.12. The van der Waals surface area contributed by atoms with Crippen molar-refractivity contribution >= 4 is 11.3 Å². The van der Waals surface area contributed by atoms with Crippen molar-refractivity contribution in [3.63, 3.8) is 0 Å². The predicted octanol–water partition coefficient (Wildman–Crippen LogP) is 5.48. The largest absolute Gasteiger partial charge is 0.313 e. The van der Waals surface area contributed by atoms with Gasteiger partial charge in [-0.1, -0.05) is 62.4 Å². The van der Waals surface area contributed by atoms with E-state index in [1.54, 1.807) is 0 Å². The minimum atomic E-state index is 0.971. The molecule has 1 nitrogen and oxygen atoms in total. The number of benzene rings is 1. The third kappa shape index (κ3) is 4.18. The maximum Gasteiger partial charge on any atom is 0.0345 e. The number of hydrogen-bond donors (Lipinski definition) is 1. The summed E-state index contributed by atoms with van der Waals surface area (Å²) in [5.41, 5.74) is 2.81. The van der Waals surface area contributed by atoms with Gasteiger partial charge in [-0.2, -0.15) is 0 Å². The summed E-state index contributed by atoms with van der Waals surface area (Å²) in [6.07, 6.45) is 8.61. The van der Waals surface area contributed by atoms with E-state index in [1.807, 2.05) is 11.3 Å². The van der Waals surface area contributed by atoms with Gasteiger partial charge in [-0.15, -0.1) is 11.3 Å². The minimum Gasteiger partial charge on any atom is -0.313 e. The van der Waals surface area contributed by atoms with Gasteiger partial charge < -0.3 is 5.32 Å². The maximum atomic E-state index is 3.66. The Kier molecular flexibility index (Phi) is 5.47. The Morgan fingerprint density at radius 3 is 2.67 bits per heavy atom. The number of hydrogen-bond acceptors (Lipinski definition) is 2. The second-order valence-electron chi connectivity index (χ2n) is 6.10. The van der Waals surface area contributed by atoms with Crippen LogP contribution < -0.4 is 5.32 Å². The summed E-state index contributed by atoms with van der Waals surface area (Å²) in [5.74, 6) is 0.971. The van der Waals surface area contributed by atoms with Crippen LogP contribution in [0.3, 0.4) is 0 Å². The lowest BCUT2D eigenvalue weighted by Gasteiger charge is -2.21. The first-order chi connectivity index (χ1) is 10.4. The van der Waals surface area contributed by atoms with Crippen molar-refractivity contribution in [2.24, 2.45) is 5.92 Å². The highest BCUT2D eigenvalue weighted by Crippen LogP contribution is 2.28. The van der Waals surface area contributed by atoms with Crippen LogP contribution in [0.4, 0.5) is 0 Å². The van der Waals surface area contributed by atoms with E-state index < -0.39 is 0 Å². The third-order valence-corrected chi connectivity index (χ3v) is 5.48. The number of thiophene rings is 1. The van der Waals surface area contributed by atoms with Crippen LogP contribution in [0.2, 0.25) is 0 Å². The summed E-state index contributed by atoms with van der Waals surface area (Å²) in [5, 5.41) is 5.81. The number of nitrogens with one attached hydrogen (secondary N) is 1. The third-order valence-electron chi connectivity index (χ3n) is 4.57. The smallest absolute Gasteiger partial charge is 0.0345 e. The lowest BCUT2D eigenvalue weighted by Crippen LogP contribution is -2.19. The quantitative estimate of drug-likeness (QED) is 0.697. The lowest BCUT2D eigenvalue weighted by atomic mass is 9.87. The molecule has 2 heteroatoms. The second-order valence-corrected chi connectivity index (χ2v) is 7.05. The standard InChI is InChI=1S/C19H25NS/c1-2-7-16(8-3-1)12-13-20-15-17-9-4-5-10-18(17)19-11-6-14-21-19/h4-6,9-11,14,16,20H,1-3,7-8,12-13,15H2. The van der Waals surface area contributed by atoms with E-state index in [9.17, 15) is 0 Å². The van der Waals surface area contributed by atoms with Crippen molar-refractivity contribution in [2.75, 3.05) is 6.54 Å². The first-order valence-electron chi connectivity index (χ1n) is 8.26. The van der Waals surface area contributed by atoms with Crippen molar-refractivity contribution < 1.29 is 0 Å². The van der Waals surface area contributed by atoms with Gasteiger partial charge in [0.2, 0.25) is 0 Å². The predicted molar refractivity (Wildman–Crippen MR) is 92.7 cm³/mol. The van der Waals surface area contributed by atoms with Gasteiger partial charge in [0.1, 0.15) is 0 Å². The first kappa shape index (κ1) is 14.8. The van der Waals surface area contributed by atoms with Gasteiger partial charge in [0, 0.05) is 11.4 Å². The van der Waals surface area contributed by atoms with Crippen molar-refractivity contribution in [1.29, 1.82) is 0 Å². The molecule has 1 saturated carbocycles. The fourth-order valence-corrected chi connectivity index (χ4v) is 4.14. The topological polar surface area (TPSA) is 12.0 Å². The van der Waals surface area contributed by atoms with Gasteiger partial charge in [0.05, 0.1) is 0 Å². The van der Waals surface area contributed by atoms with E-state index >= 15 is 0 Å². The van der Waals surface area contributed by atoms with Gasteiger partial charge >= 0.3 is 0 Å². The van der Waals surface area contributed by atoms with E-state index in [0.717, 1.165) is 19.0 Å². The van der Waals surface area contributed by atoms with Crippen LogP contribution >= 0.6 is 11.3 Å². The Morgan fingerprint density at radius 1 is 1.00 bits per heavy atom. The van der Waals surface area contributed by atoms with Gasteiger partial charge in [0.25, 0.3) is 0 Å². The second kappa shape index (κ2) is 7.77. The maximum absolute atomic E-state index is 3.66. The average Bonchev–Trinajstić information content (AvgIpc) is 3.07. The average molecular weight is 299 g/mol. The van der Waals surface area contributed by atoms with E-state index in [1.165, 1.54) is 54.5 Å². The molecule has 0 saturated heterocycles. The molecule has 0 radical (unpaired) electrons. The van der Waals surface area contributed by atoms with Crippen LogP contribution in [0, 0.1) is 5.92 Å². The molecule has 112 valence electrons. The van der Waals surface area contributed by atoms with Gasteiger partial charge in [-0.3, -0.25) is 0 Å². The van der Waals surface area contributed by atoms with E-state index in [2.05, 4.69) is 47.1 Å². The van der Waals surface area contributed by atoms with Crippen LogP contribution in [0.25, 0.3) is 10.4 Å². The van der Waals surface area contributed by atoms with Crippen LogP contribution in [0.15, 0.2) is 41.8 Å². The molecule has 1 aliphatic rings. The van der Waals surface area contributed by atoms with Crippen LogP contribution in [0.1, 0.15) is 44.1 Å². The SMILES string of the molecule is c1csc(-c2ccccc2CNCCC2CCCCC2)c1. The van der Waals surface area contributed by atoms with E-state index in [0.29, 0.717) is 0 Å². The van der Waals surface area contributed by atoms with E-state index in [-0.39, 0.29) is 0 Å². The highest BCUT2D eigenvalue weighted by molar-refractivity contribution is 7.13. The Labute approximate surface area is 132 Å². The van der Waals surface area contributed by atoms with Crippen molar-refractivity contribution in [1.82, 2.24) is 5.32 Å². The Morgan fingerprint density at radius 2 is 1.86 bits per heavy atom. The Bertz CT molecular complexity index is 526. The monoisotopic (exact) mass is 299 g/mol. The fourth-order valence-electron chi connectivity index (χ4n) is 3.35. The summed E-state index contributed by atoms with van der Waals surface area (Å²) in [6.45, 7) is 2.14. The molecule has 1 aliphatic carbocycles. The molecule has 1 aromatic heterocycles. The number of rotatable bonds is 6. The first-order valence-corrected chi connectivity index (χ1v) is 9.14. The zero-order valence-electron chi connectivity index (χ0n) is 12.7. The molecular formula is C19H25NS. The molecule has 0 spiro atoms. The summed E-state index contributed by atoms with van der Waals surface area (Å²) in [4.78, 5) is 1.37. The molecule has 1 N–H and O–H groups in total. The Balaban J connectivity index is 1.51. The summed E-state index contributed by atoms with van der Waals surface area (Å²) in [7, 11) is 0. The molecule has 1 aromatic carbocycles. The summed E-state index contributed by atoms with van der Waals surface area (Å²) < 4.78 is 0. The zero-order valence-corrected chi connectivity index (χ0v) is 13.5. The van der Waals surface area contributed by atoms with Gasteiger partial charge in [-0.05, 0) is 41.5 Å². The van der Waals surface area contributed by atoms with Gasteiger partial charge in [-0.25, -0.2) is 0 Å². The van der Waals surface area contributed by atoms with Crippen molar-refractivity contribution in [3.8, 4) is 10.4 Å². The summed E-state index contributed by atoms with van der Waals surface area (Å²) >= 11 is 1.82. The zero-order chi connectivity index (χ0) is 14.3. The molecule has 0 atom stereocenters. The highest BCUT2D eigenvalue weighted by Gasteiger charge is 2.12. The molecule has 1 heterocycles. The molecule has 3 rings (SSSR count). The van der Waals surface area contributed by atoms with Crippen LogP contribution in [0.5, 0.6) is 0 Å². The van der Waals surface area contributed by atoms with E-state index in [4.69, 9.17) is 0 Å². The van der Waals surface area contributed by atoms with Crippen molar-refractivity contribution in [3.05, 3.63) is 47.3 Å². The highest BCUT2D eigenvalue weighted by atomic mass is 32.1.